The molecular formula is C17H21N3O3. The molecule has 1 aliphatic rings. The third-order valence-corrected chi connectivity index (χ3v) is 4.29. The van der Waals surface area contributed by atoms with Crippen molar-refractivity contribution in [1.82, 2.24) is 14.4 Å². The first-order valence-electron chi connectivity index (χ1n) is 7.80. The number of aliphatic hydroxyl groups excluding tert-OH is 1. The summed E-state index contributed by atoms with van der Waals surface area (Å²) in [6.45, 7) is 3.18. The van der Waals surface area contributed by atoms with E-state index in [0.717, 1.165) is 10.9 Å². The SMILES string of the molecule is CC(=O)N1CCN(C(=O)Cn2ccc3ccccc32)C[C@@H](O)C1. The molecule has 2 heterocycles. The zero-order valence-electron chi connectivity index (χ0n) is 13.2. The van der Waals surface area contributed by atoms with Crippen molar-refractivity contribution in [1.29, 1.82) is 0 Å². The maximum atomic E-state index is 12.6. The molecule has 2 aromatic rings. The lowest BCUT2D eigenvalue weighted by molar-refractivity contribution is -0.133. The van der Waals surface area contributed by atoms with Crippen molar-refractivity contribution in [3.05, 3.63) is 36.5 Å². The Balaban J connectivity index is 1.71. The molecule has 0 saturated carbocycles. The lowest BCUT2D eigenvalue weighted by Gasteiger charge is -2.22. The Labute approximate surface area is 134 Å². The Morgan fingerprint density at radius 1 is 1.13 bits per heavy atom. The van der Waals surface area contributed by atoms with E-state index in [2.05, 4.69) is 0 Å². The number of fused-ring (bicyclic) bond motifs is 1. The Bertz CT molecular complexity index is 725. The predicted octanol–water partition coefficient (Wildman–Crippen LogP) is 0.693. The highest BCUT2D eigenvalue weighted by molar-refractivity contribution is 5.83. The largest absolute Gasteiger partial charge is 0.389 e. The van der Waals surface area contributed by atoms with Crippen molar-refractivity contribution in [3.8, 4) is 0 Å². The van der Waals surface area contributed by atoms with E-state index in [1.165, 1.54) is 6.92 Å². The van der Waals surface area contributed by atoms with Crippen LogP contribution >= 0.6 is 0 Å². The number of nitrogens with zero attached hydrogens (tertiary/aromatic N) is 3. The molecule has 23 heavy (non-hydrogen) atoms. The molecule has 1 atom stereocenters. The molecule has 2 amide bonds. The van der Waals surface area contributed by atoms with Gasteiger partial charge in [-0.1, -0.05) is 18.2 Å². The van der Waals surface area contributed by atoms with E-state index < -0.39 is 6.10 Å². The van der Waals surface area contributed by atoms with Gasteiger partial charge in [-0.25, -0.2) is 0 Å². The molecule has 1 aromatic carbocycles. The van der Waals surface area contributed by atoms with Crippen molar-refractivity contribution >= 4 is 22.7 Å². The fourth-order valence-electron chi connectivity index (χ4n) is 3.03. The van der Waals surface area contributed by atoms with Crippen molar-refractivity contribution in [2.45, 2.75) is 19.6 Å². The van der Waals surface area contributed by atoms with Crippen molar-refractivity contribution in [2.24, 2.45) is 0 Å². The van der Waals surface area contributed by atoms with E-state index >= 15 is 0 Å². The molecular weight excluding hydrogens is 294 g/mol. The number of aromatic nitrogens is 1. The molecule has 3 rings (SSSR count). The number of rotatable bonds is 2. The standard InChI is InChI=1S/C17H21N3O3/c1-13(21)18-8-9-20(11-15(22)10-18)17(23)12-19-7-6-14-4-2-3-5-16(14)19/h2-7,15,22H,8-12H2,1H3/t15-/m0/s1. The minimum Gasteiger partial charge on any atom is -0.389 e. The van der Waals surface area contributed by atoms with E-state index in [-0.39, 0.29) is 31.4 Å². The number of para-hydroxylation sites is 1. The molecule has 1 N–H and O–H groups in total. The minimum atomic E-state index is -0.702. The van der Waals surface area contributed by atoms with Crippen LogP contribution in [0.1, 0.15) is 6.92 Å². The molecule has 0 radical (unpaired) electrons. The number of amides is 2. The van der Waals surface area contributed by atoms with Crippen LogP contribution in [0.4, 0.5) is 0 Å². The zero-order chi connectivity index (χ0) is 16.4. The monoisotopic (exact) mass is 315 g/mol. The first kappa shape index (κ1) is 15.6. The highest BCUT2D eigenvalue weighted by atomic mass is 16.3. The number of hydrogen-bond donors (Lipinski definition) is 1. The minimum absolute atomic E-state index is 0.0456. The van der Waals surface area contributed by atoms with Crippen LogP contribution < -0.4 is 0 Å². The van der Waals surface area contributed by atoms with Gasteiger partial charge in [0.2, 0.25) is 11.8 Å². The summed E-state index contributed by atoms with van der Waals surface area (Å²) in [6, 6.07) is 9.89. The first-order chi connectivity index (χ1) is 11.0. The van der Waals surface area contributed by atoms with Crippen LogP contribution in [0, 0.1) is 0 Å². The topological polar surface area (TPSA) is 65.8 Å². The third-order valence-electron chi connectivity index (χ3n) is 4.29. The molecule has 0 spiro atoms. The maximum absolute atomic E-state index is 12.6. The van der Waals surface area contributed by atoms with Crippen molar-refractivity contribution in [2.75, 3.05) is 26.2 Å². The van der Waals surface area contributed by atoms with E-state index in [1.807, 2.05) is 41.1 Å². The number of carbonyl (C=O) groups is 2. The molecule has 6 nitrogen and oxygen atoms in total. The van der Waals surface area contributed by atoms with Gasteiger partial charge in [-0.2, -0.15) is 0 Å². The normalized spacial score (nSPS) is 19.0. The van der Waals surface area contributed by atoms with Crippen LogP contribution in [-0.4, -0.2) is 63.6 Å². The average molecular weight is 315 g/mol. The summed E-state index contributed by atoms with van der Waals surface area (Å²) in [5.41, 5.74) is 1.02. The van der Waals surface area contributed by atoms with Crippen LogP contribution in [0.15, 0.2) is 36.5 Å². The number of hydrogen-bond acceptors (Lipinski definition) is 3. The van der Waals surface area contributed by atoms with Gasteiger partial charge in [0.25, 0.3) is 0 Å². The van der Waals surface area contributed by atoms with Gasteiger partial charge in [0.15, 0.2) is 0 Å². The Hall–Kier alpha value is -2.34. The highest BCUT2D eigenvalue weighted by Crippen LogP contribution is 2.15. The molecule has 0 unspecified atom stereocenters. The van der Waals surface area contributed by atoms with Crippen LogP contribution in [0.25, 0.3) is 10.9 Å². The van der Waals surface area contributed by atoms with Crippen molar-refractivity contribution in [3.63, 3.8) is 0 Å². The summed E-state index contributed by atoms with van der Waals surface area (Å²) >= 11 is 0. The van der Waals surface area contributed by atoms with Gasteiger partial charge in [0.05, 0.1) is 6.10 Å². The van der Waals surface area contributed by atoms with E-state index in [0.29, 0.717) is 13.1 Å². The molecule has 6 heteroatoms. The second-order valence-electron chi connectivity index (χ2n) is 5.96. The van der Waals surface area contributed by atoms with E-state index in [4.69, 9.17) is 0 Å². The van der Waals surface area contributed by atoms with Gasteiger partial charge >= 0.3 is 0 Å². The molecule has 1 aromatic heterocycles. The molecule has 1 fully saturated rings. The van der Waals surface area contributed by atoms with Crippen LogP contribution in [-0.2, 0) is 16.1 Å². The van der Waals surface area contributed by atoms with Gasteiger partial charge in [0, 0.05) is 44.8 Å². The zero-order valence-corrected chi connectivity index (χ0v) is 13.2. The molecule has 0 bridgehead atoms. The molecule has 0 aliphatic carbocycles. The average Bonchev–Trinajstić information content (AvgIpc) is 2.81. The van der Waals surface area contributed by atoms with E-state index in [9.17, 15) is 14.7 Å². The van der Waals surface area contributed by atoms with Crippen LogP contribution in [0.3, 0.4) is 0 Å². The quantitative estimate of drug-likeness (QED) is 0.887. The Kier molecular flexibility index (Phi) is 4.34. The summed E-state index contributed by atoms with van der Waals surface area (Å²) in [6.07, 6.45) is 1.20. The van der Waals surface area contributed by atoms with Crippen molar-refractivity contribution < 1.29 is 14.7 Å². The summed E-state index contributed by atoms with van der Waals surface area (Å²) in [7, 11) is 0. The summed E-state index contributed by atoms with van der Waals surface area (Å²) < 4.78 is 1.91. The Morgan fingerprint density at radius 3 is 2.61 bits per heavy atom. The molecule has 1 aliphatic heterocycles. The van der Waals surface area contributed by atoms with Gasteiger partial charge < -0.3 is 19.5 Å². The van der Waals surface area contributed by atoms with Gasteiger partial charge in [-0.3, -0.25) is 9.59 Å². The fraction of sp³-hybridized carbons (Fsp3) is 0.412. The lowest BCUT2D eigenvalue weighted by Crippen LogP contribution is -2.39. The smallest absolute Gasteiger partial charge is 0.242 e. The van der Waals surface area contributed by atoms with E-state index in [1.54, 1.807) is 9.80 Å². The van der Waals surface area contributed by atoms with Gasteiger partial charge in [-0.05, 0) is 17.5 Å². The first-order valence-corrected chi connectivity index (χ1v) is 7.80. The van der Waals surface area contributed by atoms with Gasteiger partial charge in [-0.15, -0.1) is 0 Å². The maximum Gasteiger partial charge on any atom is 0.242 e. The number of β-amino-alcohol motifs (C(OH)–C–C–N with tert-alkyl or cyclic N) is 1. The highest BCUT2D eigenvalue weighted by Gasteiger charge is 2.25. The summed E-state index contributed by atoms with van der Waals surface area (Å²) in [5, 5.41) is 11.1. The second kappa shape index (κ2) is 6.42. The fourth-order valence-corrected chi connectivity index (χ4v) is 3.03. The van der Waals surface area contributed by atoms with Gasteiger partial charge in [0.1, 0.15) is 6.54 Å². The second-order valence-corrected chi connectivity index (χ2v) is 5.96. The number of aliphatic hydroxyl groups is 1. The summed E-state index contributed by atoms with van der Waals surface area (Å²) in [4.78, 5) is 27.3. The third kappa shape index (κ3) is 3.37. The number of carbonyl (C=O) groups excluding carboxylic acids is 2. The lowest BCUT2D eigenvalue weighted by atomic mass is 10.2. The Morgan fingerprint density at radius 2 is 1.83 bits per heavy atom. The molecule has 122 valence electrons. The van der Waals surface area contributed by atoms with Crippen LogP contribution in [0.2, 0.25) is 0 Å². The van der Waals surface area contributed by atoms with Crippen LogP contribution in [0.5, 0.6) is 0 Å². The molecule has 1 saturated heterocycles. The number of benzene rings is 1. The summed E-state index contributed by atoms with van der Waals surface area (Å²) in [5.74, 6) is -0.120. The predicted molar refractivity (Wildman–Crippen MR) is 86.8 cm³/mol.